The molecule has 0 aliphatic carbocycles. The van der Waals surface area contributed by atoms with Crippen LogP contribution in [0.3, 0.4) is 0 Å². The molecule has 1 aliphatic heterocycles. The molecule has 0 saturated carbocycles. The highest BCUT2D eigenvalue weighted by atomic mass is 16.5. The smallest absolute Gasteiger partial charge is 0.257 e. The Labute approximate surface area is 145 Å². The van der Waals surface area contributed by atoms with Crippen LogP contribution in [0.1, 0.15) is 34.1 Å². The summed E-state index contributed by atoms with van der Waals surface area (Å²) in [5.41, 5.74) is 2.90. The molecule has 1 atom stereocenters. The summed E-state index contributed by atoms with van der Waals surface area (Å²) < 4.78 is 11.0. The average Bonchev–Trinajstić information content (AvgIpc) is 3.04. The van der Waals surface area contributed by atoms with Crippen LogP contribution in [0.4, 0.5) is 0 Å². The topological polar surface area (TPSA) is 64.4 Å². The van der Waals surface area contributed by atoms with Crippen LogP contribution >= 0.6 is 0 Å². The fourth-order valence-corrected chi connectivity index (χ4v) is 3.16. The van der Waals surface area contributed by atoms with Crippen molar-refractivity contribution in [1.82, 2.24) is 10.5 Å². The Hall–Kier alpha value is -3.08. The van der Waals surface area contributed by atoms with Crippen LogP contribution in [0.5, 0.6) is 5.75 Å². The molecule has 126 valence electrons. The Morgan fingerprint density at radius 1 is 1.12 bits per heavy atom. The first-order valence-corrected chi connectivity index (χ1v) is 8.28. The summed E-state index contributed by atoms with van der Waals surface area (Å²) in [5.74, 6) is 1.15. The Bertz CT molecular complexity index is 902. The molecule has 0 radical (unpaired) electrons. The van der Waals surface area contributed by atoms with E-state index in [0.29, 0.717) is 23.6 Å². The number of nitrogens with one attached hydrogen (secondary N) is 1. The number of ether oxygens (including phenoxy) is 1. The van der Waals surface area contributed by atoms with E-state index in [-0.39, 0.29) is 11.9 Å². The Kier molecular flexibility index (Phi) is 3.98. The second kappa shape index (κ2) is 6.43. The molecule has 25 heavy (non-hydrogen) atoms. The molecule has 1 aromatic heterocycles. The first-order chi connectivity index (χ1) is 12.2. The molecule has 1 aliphatic rings. The number of carbonyl (C=O) groups excluding carboxylic acids is 1. The number of carbonyl (C=O) groups is 1. The molecule has 1 amide bonds. The molecule has 1 N–H and O–H groups in total. The van der Waals surface area contributed by atoms with Crippen LogP contribution < -0.4 is 10.1 Å². The Morgan fingerprint density at radius 3 is 2.72 bits per heavy atom. The highest BCUT2D eigenvalue weighted by Crippen LogP contribution is 2.32. The molecule has 4 rings (SSSR count). The zero-order valence-corrected chi connectivity index (χ0v) is 13.9. The van der Waals surface area contributed by atoms with E-state index in [1.807, 2.05) is 54.6 Å². The minimum Gasteiger partial charge on any atom is -0.493 e. The summed E-state index contributed by atoms with van der Waals surface area (Å²) in [6, 6.07) is 17.3. The van der Waals surface area contributed by atoms with Gasteiger partial charge in [0.1, 0.15) is 22.8 Å². The number of aryl methyl sites for hydroxylation is 1. The quantitative estimate of drug-likeness (QED) is 0.789. The third-order valence-electron chi connectivity index (χ3n) is 4.40. The van der Waals surface area contributed by atoms with Crippen molar-refractivity contribution in [1.29, 1.82) is 0 Å². The molecular formula is C20H18N2O3. The molecule has 0 bridgehead atoms. The SMILES string of the molecule is Cc1onc(-c2ccccc2)c1C(=O)NC1CCOc2ccccc21. The van der Waals surface area contributed by atoms with Gasteiger partial charge in [0.2, 0.25) is 0 Å². The van der Waals surface area contributed by atoms with Crippen LogP contribution in [-0.4, -0.2) is 17.7 Å². The van der Waals surface area contributed by atoms with Crippen molar-refractivity contribution < 1.29 is 14.1 Å². The maximum Gasteiger partial charge on any atom is 0.257 e. The lowest BCUT2D eigenvalue weighted by molar-refractivity contribution is 0.0924. The minimum atomic E-state index is -0.181. The number of aromatic nitrogens is 1. The molecule has 0 saturated heterocycles. The highest BCUT2D eigenvalue weighted by molar-refractivity contribution is 6.01. The largest absolute Gasteiger partial charge is 0.493 e. The summed E-state index contributed by atoms with van der Waals surface area (Å²) >= 11 is 0. The molecule has 0 fully saturated rings. The number of nitrogens with zero attached hydrogens (tertiary/aromatic N) is 1. The van der Waals surface area contributed by atoms with E-state index in [4.69, 9.17) is 9.26 Å². The lowest BCUT2D eigenvalue weighted by Crippen LogP contribution is -2.32. The van der Waals surface area contributed by atoms with Gasteiger partial charge in [0.25, 0.3) is 5.91 Å². The minimum absolute atomic E-state index is 0.0876. The molecule has 5 nitrogen and oxygen atoms in total. The van der Waals surface area contributed by atoms with Crippen LogP contribution in [0.15, 0.2) is 59.1 Å². The lowest BCUT2D eigenvalue weighted by Gasteiger charge is -2.26. The molecule has 1 unspecified atom stereocenters. The van der Waals surface area contributed by atoms with Crippen molar-refractivity contribution in [2.45, 2.75) is 19.4 Å². The van der Waals surface area contributed by atoms with E-state index in [9.17, 15) is 4.79 Å². The summed E-state index contributed by atoms with van der Waals surface area (Å²) in [7, 11) is 0. The van der Waals surface area contributed by atoms with Gasteiger partial charge in [0.15, 0.2) is 0 Å². The summed E-state index contributed by atoms with van der Waals surface area (Å²) in [4.78, 5) is 12.9. The third kappa shape index (κ3) is 2.89. The maximum absolute atomic E-state index is 12.9. The summed E-state index contributed by atoms with van der Waals surface area (Å²) in [6.45, 7) is 2.34. The van der Waals surface area contributed by atoms with Crippen molar-refractivity contribution in [3.05, 3.63) is 71.5 Å². The fourth-order valence-electron chi connectivity index (χ4n) is 3.16. The molecule has 0 spiro atoms. The van der Waals surface area contributed by atoms with Crippen LogP contribution in [0, 0.1) is 6.92 Å². The van der Waals surface area contributed by atoms with E-state index in [1.54, 1.807) is 6.92 Å². The number of hydrogen-bond donors (Lipinski definition) is 1. The summed E-state index contributed by atoms with van der Waals surface area (Å²) in [5, 5.41) is 7.19. The van der Waals surface area contributed by atoms with Gasteiger partial charge in [0.05, 0.1) is 12.6 Å². The number of amides is 1. The van der Waals surface area contributed by atoms with Crippen LogP contribution in [0.25, 0.3) is 11.3 Å². The molecule has 2 aromatic carbocycles. The number of hydrogen-bond acceptors (Lipinski definition) is 4. The zero-order valence-electron chi connectivity index (χ0n) is 13.9. The monoisotopic (exact) mass is 334 g/mol. The average molecular weight is 334 g/mol. The van der Waals surface area contributed by atoms with Gasteiger partial charge in [-0.2, -0.15) is 0 Å². The fraction of sp³-hybridized carbons (Fsp3) is 0.200. The number of benzene rings is 2. The lowest BCUT2D eigenvalue weighted by atomic mass is 9.99. The first-order valence-electron chi connectivity index (χ1n) is 8.28. The second-order valence-electron chi connectivity index (χ2n) is 6.03. The van der Waals surface area contributed by atoms with Crippen molar-refractivity contribution >= 4 is 5.91 Å². The number of para-hydroxylation sites is 1. The van der Waals surface area contributed by atoms with Gasteiger partial charge >= 0.3 is 0 Å². The van der Waals surface area contributed by atoms with E-state index in [2.05, 4.69) is 10.5 Å². The van der Waals surface area contributed by atoms with E-state index < -0.39 is 0 Å². The Balaban J connectivity index is 1.64. The summed E-state index contributed by atoms with van der Waals surface area (Å²) in [6.07, 6.45) is 0.730. The normalized spacial score (nSPS) is 16.0. The molecular weight excluding hydrogens is 316 g/mol. The first kappa shape index (κ1) is 15.4. The van der Waals surface area contributed by atoms with Crippen LogP contribution in [0.2, 0.25) is 0 Å². The molecule has 2 heterocycles. The van der Waals surface area contributed by atoms with Gasteiger partial charge in [-0.1, -0.05) is 53.7 Å². The third-order valence-corrected chi connectivity index (χ3v) is 4.40. The van der Waals surface area contributed by atoms with Gasteiger partial charge in [0, 0.05) is 17.5 Å². The standard InChI is InChI=1S/C20H18N2O3/c1-13-18(19(22-25-13)14-7-3-2-4-8-14)20(23)21-16-11-12-24-17-10-6-5-9-15(16)17/h2-10,16H,11-12H2,1H3,(H,21,23). The number of fused-ring (bicyclic) bond motifs is 1. The predicted octanol–water partition coefficient (Wildman–Crippen LogP) is 3.90. The van der Waals surface area contributed by atoms with E-state index in [0.717, 1.165) is 23.3 Å². The van der Waals surface area contributed by atoms with Crippen molar-refractivity contribution in [2.24, 2.45) is 0 Å². The van der Waals surface area contributed by atoms with Gasteiger partial charge in [-0.05, 0) is 13.0 Å². The maximum atomic E-state index is 12.9. The van der Waals surface area contributed by atoms with Crippen molar-refractivity contribution in [3.63, 3.8) is 0 Å². The predicted molar refractivity (Wildman–Crippen MR) is 93.4 cm³/mol. The van der Waals surface area contributed by atoms with E-state index in [1.165, 1.54) is 0 Å². The zero-order chi connectivity index (χ0) is 17.2. The van der Waals surface area contributed by atoms with Gasteiger partial charge < -0.3 is 14.6 Å². The van der Waals surface area contributed by atoms with Crippen LogP contribution in [-0.2, 0) is 0 Å². The highest BCUT2D eigenvalue weighted by Gasteiger charge is 2.27. The molecule has 3 aromatic rings. The number of rotatable bonds is 3. The Morgan fingerprint density at radius 2 is 1.88 bits per heavy atom. The van der Waals surface area contributed by atoms with Crippen molar-refractivity contribution in [2.75, 3.05) is 6.61 Å². The van der Waals surface area contributed by atoms with Gasteiger partial charge in [-0.25, -0.2) is 0 Å². The van der Waals surface area contributed by atoms with E-state index >= 15 is 0 Å². The van der Waals surface area contributed by atoms with Gasteiger partial charge in [-0.15, -0.1) is 0 Å². The van der Waals surface area contributed by atoms with Gasteiger partial charge in [-0.3, -0.25) is 4.79 Å². The molecule has 5 heteroatoms. The van der Waals surface area contributed by atoms with Crippen molar-refractivity contribution in [3.8, 4) is 17.0 Å². The second-order valence-corrected chi connectivity index (χ2v) is 6.03.